The molecule has 58 valence electrons. The van der Waals surface area contributed by atoms with E-state index in [-0.39, 0.29) is 39.6 Å². The summed E-state index contributed by atoms with van der Waals surface area (Å²) in [6.07, 6.45) is 0. The third-order valence-corrected chi connectivity index (χ3v) is 0. The molecule has 0 rings (SSSR count). The molecule has 0 unspecified atom stereocenters. The normalized spacial score (nSPS) is 7.38. The van der Waals surface area contributed by atoms with Gasteiger partial charge in [-0.15, -0.1) is 0 Å². The van der Waals surface area contributed by atoms with E-state index >= 15 is 0 Å². The van der Waals surface area contributed by atoms with E-state index < -0.39 is 7.82 Å². The van der Waals surface area contributed by atoms with E-state index in [0.29, 0.717) is 0 Å². The van der Waals surface area contributed by atoms with Crippen molar-refractivity contribution in [3.05, 3.63) is 0 Å². The summed E-state index contributed by atoms with van der Waals surface area (Å²) in [6.45, 7) is 0. The molecule has 0 aromatic carbocycles. The average molecular weight is 239 g/mol. The van der Waals surface area contributed by atoms with Crippen LogP contribution in [0.25, 0.3) is 0 Å². The summed E-state index contributed by atoms with van der Waals surface area (Å²) in [6, 6.07) is 0. The van der Waals surface area contributed by atoms with Crippen molar-refractivity contribution >= 4 is 7.82 Å². The topological polar surface area (TPSA) is 116 Å². The first-order valence-corrected chi connectivity index (χ1v) is 2.19. The van der Waals surface area contributed by atoms with E-state index in [9.17, 15) is 0 Å². The van der Waals surface area contributed by atoms with Crippen molar-refractivity contribution in [3.63, 3.8) is 0 Å². The number of hydrogen-bond donors (Lipinski definition) is 0. The Hall–Kier alpha value is 1.11. The monoisotopic (exact) mass is 238 g/mol. The van der Waals surface area contributed by atoms with Crippen molar-refractivity contribution in [2.24, 2.45) is 0 Å². The van der Waals surface area contributed by atoms with Gasteiger partial charge in [0, 0.05) is 0 Å². The van der Waals surface area contributed by atoms with Crippen LogP contribution in [0.5, 0.6) is 0 Å². The third-order valence-electron chi connectivity index (χ3n) is 0. The molecule has 0 saturated carbocycles. The Morgan fingerprint density at radius 1 is 1.00 bits per heavy atom. The summed E-state index contributed by atoms with van der Waals surface area (Å²) >= 11 is 0. The standard InChI is InChI=1S/2Cu.H3O4P.H2O/c;;1-5(2,3)4;/h;;(H3,1,2,3,4);1H2/q2*+2;;/p-4. The molecule has 2 radical (unpaired) electrons. The quantitative estimate of drug-likeness (QED) is 0.329. The fourth-order valence-corrected chi connectivity index (χ4v) is 0. The first-order chi connectivity index (χ1) is 2.00. The van der Waals surface area contributed by atoms with Gasteiger partial charge in [-0.2, -0.15) is 7.82 Å². The van der Waals surface area contributed by atoms with Gasteiger partial charge in [0.1, 0.15) is 0 Å². The van der Waals surface area contributed by atoms with Crippen molar-refractivity contribution < 1.29 is 58.9 Å². The van der Waals surface area contributed by atoms with Gasteiger partial charge in [-0.3, -0.25) is 0 Å². The summed E-state index contributed by atoms with van der Waals surface area (Å²) in [5.74, 6) is 0. The summed E-state index contributed by atoms with van der Waals surface area (Å²) in [5, 5.41) is 0. The van der Waals surface area contributed by atoms with Gasteiger partial charge in [-0.25, -0.2) is 0 Å². The molecule has 8 heteroatoms. The molecule has 0 aromatic rings. The zero-order chi connectivity index (χ0) is 4.50. The molecule has 0 bridgehead atoms. The first kappa shape index (κ1) is 22.9. The fraction of sp³-hybridized carbons (Fsp3) is 0. The van der Waals surface area contributed by atoms with Crippen LogP contribution in [0.2, 0.25) is 0 Å². The second-order valence-electron chi connectivity index (χ2n) is 0.447. The minimum Gasteiger partial charge on any atom is -0.870 e. The van der Waals surface area contributed by atoms with Gasteiger partial charge in [0.05, 0.1) is 0 Å². The molecule has 0 amide bonds. The summed E-state index contributed by atoms with van der Waals surface area (Å²) in [7, 11) is -5.39. The smallest absolute Gasteiger partial charge is 0.870 e. The Labute approximate surface area is 67.0 Å². The molecule has 0 aliphatic carbocycles. The van der Waals surface area contributed by atoms with Crippen molar-refractivity contribution in [2.45, 2.75) is 0 Å². The van der Waals surface area contributed by atoms with Crippen LogP contribution in [-0.4, -0.2) is 5.48 Å². The van der Waals surface area contributed by atoms with Gasteiger partial charge >= 0.3 is 34.1 Å². The van der Waals surface area contributed by atoms with Crippen molar-refractivity contribution in [1.29, 1.82) is 0 Å². The van der Waals surface area contributed by atoms with Crippen molar-refractivity contribution in [2.75, 3.05) is 0 Å². The van der Waals surface area contributed by atoms with Crippen LogP contribution in [0.4, 0.5) is 0 Å². The van der Waals surface area contributed by atoms with Gasteiger partial charge in [-0.05, 0) is 0 Å². The molecule has 0 aliphatic rings. The fourth-order valence-electron chi connectivity index (χ4n) is 0. The van der Waals surface area contributed by atoms with Gasteiger partial charge in [-0.1, -0.05) is 0 Å². The molecule has 5 nitrogen and oxygen atoms in total. The average Bonchev–Trinajstić information content (AvgIpc) is 0.722. The molecular formula is HCu2O5P. The van der Waals surface area contributed by atoms with E-state index in [1.807, 2.05) is 0 Å². The maximum absolute atomic E-state index is 8.55. The van der Waals surface area contributed by atoms with E-state index in [1.165, 1.54) is 0 Å². The minimum absolute atomic E-state index is 0. The van der Waals surface area contributed by atoms with E-state index in [1.54, 1.807) is 0 Å². The Balaban J connectivity index is -0.0000000267. The Kier molecular flexibility index (Phi) is 23.3. The predicted octanol–water partition coefficient (Wildman–Crippen LogP) is -3.01. The molecule has 0 aliphatic heterocycles. The van der Waals surface area contributed by atoms with Gasteiger partial charge in [0.25, 0.3) is 0 Å². The second kappa shape index (κ2) is 8.11. The molecule has 8 heavy (non-hydrogen) atoms. The summed E-state index contributed by atoms with van der Waals surface area (Å²) in [4.78, 5) is 25.6. The Morgan fingerprint density at radius 3 is 1.00 bits per heavy atom. The maximum Gasteiger partial charge on any atom is 2.00 e. The molecular weight excluding hydrogens is 238 g/mol. The van der Waals surface area contributed by atoms with Crippen LogP contribution in [0.3, 0.4) is 0 Å². The summed E-state index contributed by atoms with van der Waals surface area (Å²) in [5.41, 5.74) is 0. The molecule has 0 heterocycles. The molecule has 0 aromatic heterocycles. The molecule has 0 saturated heterocycles. The summed E-state index contributed by atoms with van der Waals surface area (Å²) < 4.78 is 8.55. The van der Waals surface area contributed by atoms with E-state index in [4.69, 9.17) is 19.2 Å². The largest absolute Gasteiger partial charge is 2.00 e. The molecule has 0 fully saturated rings. The van der Waals surface area contributed by atoms with Crippen molar-refractivity contribution in [3.8, 4) is 0 Å². The number of phosphoric acid groups is 1. The maximum atomic E-state index is 8.55. The van der Waals surface area contributed by atoms with Gasteiger partial charge in [0.15, 0.2) is 0 Å². The Bertz CT molecular complexity index is 56.6. The molecule has 0 spiro atoms. The van der Waals surface area contributed by atoms with Gasteiger partial charge < -0.3 is 24.7 Å². The number of hydrogen-bond acceptors (Lipinski definition) is 5. The van der Waals surface area contributed by atoms with Crippen LogP contribution in [0.15, 0.2) is 0 Å². The van der Waals surface area contributed by atoms with Crippen LogP contribution in [0, 0.1) is 0 Å². The zero-order valence-electron chi connectivity index (χ0n) is 3.13. The SMILES string of the molecule is O=P([O-])([O-])[O-].[Cu+2].[Cu+2].[OH-]. The van der Waals surface area contributed by atoms with Crippen molar-refractivity contribution in [1.82, 2.24) is 0 Å². The molecule has 1 N–H and O–H groups in total. The minimum atomic E-state index is -5.39. The second-order valence-corrected chi connectivity index (χ2v) is 1.34. The number of rotatable bonds is 0. The Morgan fingerprint density at radius 2 is 1.00 bits per heavy atom. The molecule has 0 atom stereocenters. The van der Waals surface area contributed by atoms with E-state index in [0.717, 1.165) is 0 Å². The predicted molar refractivity (Wildman–Crippen MR) is 9.54 cm³/mol. The van der Waals surface area contributed by atoms with Crippen LogP contribution in [0.1, 0.15) is 0 Å². The first-order valence-electron chi connectivity index (χ1n) is 0.730. The zero-order valence-corrected chi connectivity index (χ0v) is 5.91. The van der Waals surface area contributed by atoms with E-state index in [2.05, 4.69) is 0 Å². The third kappa shape index (κ3) is 216. The van der Waals surface area contributed by atoms with Crippen LogP contribution in [-0.2, 0) is 38.7 Å². The van der Waals surface area contributed by atoms with Crippen LogP contribution < -0.4 is 14.7 Å². The van der Waals surface area contributed by atoms with Crippen LogP contribution >= 0.6 is 7.82 Å². The van der Waals surface area contributed by atoms with Gasteiger partial charge in [0.2, 0.25) is 0 Å².